The van der Waals surface area contributed by atoms with Gasteiger partial charge < -0.3 is 23.8 Å². The van der Waals surface area contributed by atoms with E-state index < -0.39 is 23.8 Å². The molecule has 4 aliphatic heterocycles. The number of benzene rings is 3. The molecule has 4 aliphatic rings. The number of piperazine rings is 1. The number of piperidine rings is 1. The highest BCUT2D eigenvalue weighted by Crippen LogP contribution is 2.37. The maximum Gasteiger partial charge on any atom is 0.262 e. The summed E-state index contributed by atoms with van der Waals surface area (Å²) < 4.78 is 16.6. The monoisotopic (exact) mass is 761 g/mol. The molecular weight excluding hydrogens is 723 g/mol. The number of carbonyl (C=O) groups is 4. The molecule has 9 rings (SSSR count). The molecule has 6 heterocycles. The van der Waals surface area contributed by atoms with Crippen molar-refractivity contribution in [2.24, 2.45) is 5.92 Å². The lowest BCUT2D eigenvalue weighted by atomic mass is 9.97. The fourth-order valence-corrected chi connectivity index (χ4v) is 8.63. The Balaban J connectivity index is 0.760. The summed E-state index contributed by atoms with van der Waals surface area (Å²) in [5.41, 5.74) is 4.32. The minimum Gasteiger partial charge on any atom is -0.496 e. The lowest BCUT2D eigenvalue weighted by Gasteiger charge is -2.45. The Bertz CT molecular complexity index is 2300. The highest BCUT2D eigenvalue weighted by atomic mass is 32.2. The van der Waals surface area contributed by atoms with Crippen molar-refractivity contribution in [2.45, 2.75) is 30.3 Å². The number of imide groups is 2. The first-order valence-electron chi connectivity index (χ1n) is 18.4. The maximum atomic E-state index is 13.3. The van der Waals surface area contributed by atoms with Gasteiger partial charge >= 0.3 is 0 Å². The summed E-state index contributed by atoms with van der Waals surface area (Å²) in [7, 11) is 1.65. The van der Waals surface area contributed by atoms with Crippen LogP contribution in [0.1, 0.15) is 39.1 Å². The van der Waals surface area contributed by atoms with Crippen LogP contribution in [0.4, 0.5) is 17.2 Å². The van der Waals surface area contributed by atoms with Crippen LogP contribution in [-0.2, 0) is 16.1 Å². The second-order valence-electron chi connectivity index (χ2n) is 14.3. The van der Waals surface area contributed by atoms with Crippen LogP contribution in [0.25, 0.3) is 11.0 Å². The Morgan fingerprint density at radius 2 is 1.75 bits per heavy atom. The first-order chi connectivity index (χ1) is 26.8. The number of nitrogens with zero attached hydrogens (tertiary/aromatic N) is 7. The number of nitrogens with one attached hydrogen (secondary N) is 2. The van der Waals surface area contributed by atoms with Gasteiger partial charge in [-0.3, -0.25) is 39.0 Å². The fourth-order valence-electron chi connectivity index (χ4n) is 7.95. The van der Waals surface area contributed by atoms with Gasteiger partial charge in [0.15, 0.2) is 11.4 Å². The minimum atomic E-state index is -0.965. The third-order valence-corrected chi connectivity index (χ3v) is 11.6. The van der Waals surface area contributed by atoms with E-state index in [9.17, 15) is 19.2 Å². The molecule has 16 heteroatoms. The van der Waals surface area contributed by atoms with Crippen molar-refractivity contribution in [3.05, 3.63) is 89.7 Å². The van der Waals surface area contributed by atoms with Crippen molar-refractivity contribution in [1.29, 1.82) is 0 Å². The molecule has 0 saturated carbocycles. The Kier molecular flexibility index (Phi) is 9.14. The number of fused-ring (bicyclic) bond motifs is 2. The predicted octanol–water partition coefficient (Wildman–Crippen LogP) is 3.86. The van der Waals surface area contributed by atoms with E-state index in [1.807, 2.05) is 35.1 Å². The fraction of sp³-hybridized carbons (Fsp3) is 0.333. The normalized spacial score (nSPS) is 19.2. The highest BCUT2D eigenvalue weighted by Gasteiger charge is 2.45. The molecule has 0 bridgehead atoms. The zero-order chi connectivity index (χ0) is 37.6. The SMILES string of the molecule is COc1cc(Cn2cccn2)cc2onc(NSc3cccc(N4CCN(CC5CN(c6ccc7c(c6)C(=O)N(C6CCC(=O)NC6=O)C7=O)C5)CC4)c3)c12. The van der Waals surface area contributed by atoms with Gasteiger partial charge in [-0.15, -0.1) is 0 Å². The smallest absolute Gasteiger partial charge is 0.262 e. The number of rotatable bonds is 11. The van der Waals surface area contributed by atoms with Crippen molar-refractivity contribution in [3.8, 4) is 5.75 Å². The molecule has 3 fully saturated rings. The predicted molar refractivity (Wildman–Crippen MR) is 205 cm³/mol. The number of anilines is 3. The number of hydrogen-bond acceptors (Lipinski definition) is 13. The third-order valence-electron chi connectivity index (χ3n) is 10.8. The van der Waals surface area contributed by atoms with Crippen LogP contribution in [0.5, 0.6) is 5.75 Å². The van der Waals surface area contributed by atoms with Crippen molar-refractivity contribution >= 4 is 63.7 Å². The van der Waals surface area contributed by atoms with Crippen LogP contribution in [-0.4, -0.2) is 107 Å². The maximum absolute atomic E-state index is 13.3. The third kappa shape index (κ3) is 6.76. The van der Waals surface area contributed by atoms with Crippen molar-refractivity contribution in [3.63, 3.8) is 0 Å². The molecule has 1 atom stereocenters. The molecule has 5 aromatic rings. The van der Waals surface area contributed by atoms with Gasteiger partial charge in [0.1, 0.15) is 17.2 Å². The Hall–Kier alpha value is -5.87. The van der Waals surface area contributed by atoms with Crippen molar-refractivity contribution in [2.75, 3.05) is 67.4 Å². The number of ether oxygens (including phenoxy) is 1. The largest absolute Gasteiger partial charge is 0.496 e. The summed E-state index contributed by atoms with van der Waals surface area (Å²) >= 11 is 1.48. The molecule has 1 unspecified atom stereocenters. The number of methoxy groups -OCH3 is 1. The summed E-state index contributed by atoms with van der Waals surface area (Å²) in [4.78, 5) is 59.6. The zero-order valence-electron chi connectivity index (χ0n) is 30.1. The van der Waals surface area contributed by atoms with E-state index in [0.717, 1.165) is 72.2 Å². The van der Waals surface area contributed by atoms with Gasteiger partial charge in [-0.25, -0.2) is 0 Å². The van der Waals surface area contributed by atoms with Crippen LogP contribution in [0, 0.1) is 5.92 Å². The molecule has 0 spiro atoms. The van der Waals surface area contributed by atoms with E-state index in [2.05, 4.69) is 59.3 Å². The van der Waals surface area contributed by atoms with Gasteiger partial charge in [-0.05, 0) is 78.5 Å². The molecular formula is C39H39N9O6S. The summed E-state index contributed by atoms with van der Waals surface area (Å²) in [6.45, 7) is 7.10. The van der Waals surface area contributed by atoms with Gasteiger partial charge in [-0.2, -0.15) is 5.10 Å². The lowest BCUT2D eigenvalue weighted by molar-refractivity contribution is -0.136. The Morgan fingerprint density at radius 1 is 0.927 bits per heavy atom. The van der Waals surface area contributed by atoms with Gasteiger partial charge in [-0.1, -0.05) is 11.2 Å². The average Bonchev–Trinajstić information content (AvgIpc) is 3.91. The van der Waals surface area contributed by atoms with E-state index in [-0.39, 0.29) is 18.7 Å². The number of aromatic nitrogens is 3. The van der Waals surface area contributed by atoms with Crippen LogP contribution < -0.4 is 24.6 Å². The molecule has 2 N–H and O–H groups in total. The molecule has 282 valence electrons. The van der Waals surface area contributed by atoms with E-state index in [0.29, 0.717) is 40.7 Å². The van der Waals surface area contributed by atoms with Crippen LogP contribution in [0.3, 0.4) is 0 Å². The van der Waals surface area contributed by atoms with Crippen LogP contribution in [0.2, 0.25) is 0 Å². The lowest BCUT2D eigenvalue weighted by Crippen LogP contribution is -2.55. The number of amides is 4. The minimum absolute atomic E-state index is 0.0970. The van der Waals surface area contributed by atoms with Crippen LogP contribution >= 0.6 is 11.9 Å². The molecule has 55 heavy (non-hydrogen) atoms. The zero-order valence-corrected chi connectivity index (χ0v) is 31.0. The van der Waals surface area contributed by atoms with E-state index in [4.69, 9.17) is 9.26 Å². The number of hydrogen-bond donors (Lipinski definition) is 2. The molecule has 4 amide bonds. The molecule has 0 aliphatic carbocycles. The topological polar surface area (TPSA) is 158 Å². The molecule has 0 radical (unpaired) electrons. The van der Waals surface area contributed by atoms with Crippen LogP contribution in [0.15, 0.2) is 82.5 Å². The van der Waals surface area contributed by atoms with Gasteiger partial charge in [0.2, 0.25) is 11.8 Å². The Labute approximate surface area is 320 Å². The highest BCUT2D eigenvalue weighted by molar-refractivity contribution is 8.00. The Morgan fingerprint density at radius 3 is 2.53 bits per heavy atom. The second kappa shape index (κ2) is 14.4. The van der Waals surface area contributed by atoms with Gasteiger partial charge in [0.05, 0.1) is 24.8 Å². The summed E-state index contributed by atoms with van der Waals surface area (Å²) in [5.74, 6) is -0.170. The summed E-state index contributed by atoms with van der Waals surface area (Å²) in [5, 5.41) is 11.6. The second-order valence-corrected chi connectivity index (χ2v) is 15.2. The quantitative estimate of drug-likeness (QED) is 0.148. The summed E-state index contributed by atoms with van der Waals surface area (Å²) in [6, 6.07) is 18.7. The average molecular weight is 762 g/mol. The molecule has 15 nitrogen and oxygen atoms in total. The van der Waals surface area contributed by atoms with Crippen molar-refractivity contribution in [1.82, 2.24) is 30.1 Å². The first-order valence-corrected chi connectivity index (χ1v) is 19.2. The first kappa shape index (κ1) is 34.9. The molecule has 3 aromatic carbocycles. The van der Waals surface area contributed by atoms with Gasteiger partial charge in [0.25, 0.3) is 11.8 Å². The van der Waals surface area contributed by atoms with E-state index in [1.165, 1.54) is 17.6 Å². The molecule has 2 aromatic heterocycles. The van der Waals surface area contributed by atoms with E-state index >= 15 is 0 Å². The van der Waals surface area contributed by atoms with Gasteiger partial charge in [0, 0.05) is 86.8 Å². The van der Waals surface area contributed by atoms with E-state index in [1.54, 1.807) is 25.4 Å². The summed E-state index contributed by atoms with van der Waals surface area (Å²) in [6.07, 6.45) is 3.90. The molecule has 3 saturated heterocycles. The van der Waals surface area contributed by atoms with Crippen molar-refractivity contribution < 1.29 is 28.4 Å². The standard InChI is InChI=1S/C39H39N9O6S/c1-53-32-16-24(23-47-11-3-10-40-47)17-33-35(32)36(42-54-33)43-55-28-5-2-4-26(18-28)45-14-12-44(13-15-45)20-25-21-46(22-25)27-6-7-29-30(19-27)39(52)48(38(29)51)31-8-9-34(49)41-37(31)50/h2-7,10-11,16-19,25,31H,8-9,12-15,20-23H2,1H3,(H,42,43)(H,41,49,50). The number of carbonyl (C=O) groups excluding carboxylic acids is 4.